The van der Waals surface area contributed by atoms with E-state index in [0.717, 1.165) is 12.1 Å². The number of rotatable bonds is 6. The summed E-state index contributed by atoms with van der Waals surface area (Å²) in [4.78, 5) is 23.9. The number of phenolic OH excluding ortho intramolecular Hbond substituents is 1. The molecule has 2 aromatic rings. The maximum atomic E-state index is 13.5. The molecule has 25 heavy (non-hydrogen) atoms. The van der Waals surface area contributed by atoms with E-state index in [1.54, 1.807) is 30.3 Å². The molecule has 0 fully saturated rings. The molecule has 0 aliphatic rings. The van der Waals surface area contributed by atoms with E-state index in [1.807, 2.05) is 0 Å². The summed E-state index contributed by atoms with van der Waals surface area (Å²) < 4.78 is 18.7. The highest BCUT2D eigenvalue weighted by molar-refractivity contribution is 6.02. The summed E-state index contributed by atoms with van der Waals surface area (Å²) in [6.45, 7) is -0.134. The van der Waals surface area contributed by atoms with Crippen LogP contribution >= 0.6 is 0 Å². The van der Waals surface area contributed by atoms with Crippen LogP contribution in [0.3, 0.4) is 0 Å². The van der Waals surface area contributed by atoms with Gasteiger partial charge < -0.3 is 14.9 Å². The molecule has 0 unspecified atom stereocenters. The van der Waals surface area contributed by atoms with Gasteiger partial charge in [0.05, 0.1) is 0 Å². The molecule has 2 amide bonds. The van der Waals surface area contributed by atoms with E-state index in [9.17, 15) is 19.1 Å². The number of halogens is 1. The zero-order valence-corrected chi connectivity index (χ0v) is 13.3. The van der Waals surface area contributed by atoms with Crippen molar-refractivity contribution in [3.05, 3.63) is 65.5 Å². The summed E-state index contributed by atoms with van der Waals surface area (Å²) in [6, 6.07) is 11.7. The normalized spacial score (nSPS) is 11.6. The second-order valence-electron chi connectivity index (χ2n) is 5.29. The van der Waals surface area contributed by atoms with Crippen molar-refractivity contribution in [2.75, 3.05) is 6.61 Å². The molecule has 0 radical (unpaired) electrons. The molecule has 0 aromatic heterocycles. The number of aromatic hydroxyl groups is 1. The first-order chi connectivity index (χ1) is 12.0. The SMILES string of the molecule is O=C(NC(=O)c1ccccc1)O[C@H](CCCO)c1ccc(O)c(F)c1. The van der Waals surface area contributed by atoms with Gasteiger partial charge in [0, 0.05) is 12.2 Å². The minimum absolute atomic E-state index is 0.134. The fourth-order valence-electron chi connectivity index (χ4n) is 2.21. The number of phenols is 1. The fourth-order valence-corrected chi connectivity index (χ4v) is 2.21. The Morgan fingerprint density at radius 1 is 1.16 bits per heavy atom. The maximum Gasteiger partial charge on any atom is 0.414 e. The Bertz CT molecular complexity index is 736. The monoisotopic (exact) mass is 347 g/mol. The number of nitrogens with one attached hydrogen (secondary N) is 1. The number of carbonyl (C=O) groups excluding carboxylic acids is 2. The molecule has 0 heterocycles. The van der Waals surface area contributed by atoms with Gasteiger partial charge >= 0.3 is 6.09 Å². The number of hydrogen-bond acceptors (Lipinski definition) is 5. The van der Waals surface area contributed by atoms with Crippen molar-refractivity contribution in [2.24, 2.45) is 0 Å². The average molecular weight is 347 g/mol. The highest BCUT2D eigenvalue weighted by atomic mass is 19.1. The van der Waals surface area contributed by atoms with Crippen molar-refractivity contribution in [3.8, 4) is 5.75 Å². The molecule has 0 aliphatic carbocycles. The minimum Gasteiger partial charge on any atom is -0.505 e. The van der Waals surface area contributed by atoms with Gasteiger partial charge in [-0.1, -0.05) is 24.3 Å². The zero-order valence-electron chi connectivity index (χ0n) is 13.3. The van der Waals surface area contributed by atoms with Crippen molar-refractivity contribution in [1.82, 2.24) is 5.32 Å². The third-order valence-electron chi connectivity index (χ3n) is 3.47. The van der Waals surface area contributed by atoms with E-state index in [4.69, 9.17) is 9.84 Å². The van der Waals surface area contributed by atoms with Crippen LogP contribution in [0.25, 0.3) is 0 Å². The Hall–Kier alpha value is -2.93. The molecule has 132 valence electrons. The lowest BCUT2D eigenvalue weighted by atomic mass is 10.0. The summed E-state index contributed by atoms with van der Waals surface area (Å²) >= 11 is 0. The summed E-state index contributed by atoms with van der Waals surface area (Å²) in [5, 5.41) is 20.3. The van der Waals surface area contributed by atoms with Crippen LogP contribution in [0.2, 0.25) is 0 Å². The van der Waals surface area contributed by atoms with Gasteiger partial charge in [-0.25, -0.2) is 9.18 Å². The summed E-state index contributed by atoms with van der Waals surface area (Å²) in [5.74, 6) is -1.99. The zero-order chi connectivity index (χ0) is 18.2. The maximum absolute atomic E-state index is 13.5. The second-order valence-corrected chi connectivity index (χ2v) is 5.29. The Kier molecular flexibility index (Phi) is 6.47. The van der Waals surface area contributed by atoms with Crippen LogP contribution in [0.5, 0.6) is 5.75 Å². The molecule has 0 aliphatic heterocycles. The molecular formula is C18H18FNO5. The lowest BCUT2D eigenvalue weighted by Gasteiger charge is -2.18. The molecule has 0 saturated heterocycles. The molecule has 7 heteroatoms. The number of aliphatic hydroxyl groups is 1. The van der Waals surface area contributed by atoms with Crippen molar-refractivity contribution in [2.45, 2.75) is 18.9 Å². The van der Waals surface area contributed by atoms with Gasteiger partial charge in [0.2, 0.25) is 0 Å². The standard InChI is InChI=1S/C18H18FNO5/c19-14-11-13(8-9-15(14)22)16(7-4-10-21)25-18(24)20-17(23)12-5-2-1-3-6-12/h1-3,5-6,8-9,11,16,21-22H,4,7,10H2,(H,20,23,24)/t16-/m1/s1. The average Bonchev–Trinajstić information content (AvgIpc) is 2.61. The van der Waals surface area contributed by atoms with E-state index < -0.39 is 29.7 Å². The first kappa shape index (κ1) is 18.4. The van der Waals surface area contributed by atoms with Gasteiger partial charge in [-0.15, -0.1) is 0 Å². The molecular weight excluding hydrogens is 329 g/mol. The number of benzene rings is 2. The number of ether oxygens (including phenoxy) is 1. The van der Waals surface area contributed by atoms with Crippen LogP contribution in [0, 0.1) is 5.82 Å². The molecule has 0 bridgehead atoms. The van der Waals surface area contributed by atoms with E-state index >= 15 is 0 Å². The third kappa shape index (κ3) is 5.29. The number of alkyl carbamates (subject to hydrolysis) is 1. The summed E-state index contributed by atoms with van der Waals surface area (Å²) in [7, 11) is 0. The highest BCUT2D eigenvalue weighted by Gasteiger charge is 2.20. The van der Waals surface area contributed by atoms with Gasteiger partial charge in [0.15, 0.2) is 11.6 Å². The Balaban J connectivity index is 2.06. The fraction of sp³-hybridized carbons (Fsp3) is 0.222. The Morgan fingerprint density at radius 2 is 1.88 bits per heavy atom. The number of carbonyl (C=O) groups is 2. The topological polar surface area (TPSA) is 95.9 Å². The minimum atomic E-state index is -0.981. The molecule has 2 aromatic carbocycles. The summed E-state index contributed by atoms with van der Waals surface area (Å²) in [5.41, 5.74) is 0.605. The Morgan fingerprint density at radius 3 is 2.52 bits per heavy atom. The number of imide groups is 1. The quantitative estimate of drug-likeness (QED) is 0.747. The third-order valence-corrected chi connectivity index (χ3v) is 3.47. The van der Waals surface area contributed by atoms with Gasteiger partial charge in [-0.2, -0.15) is 0 Å². The van der Waals surface area contributed by atoms with E-state index in [1.165, 1.54) is 6.07 Å². The van der Waals surface area contributed by atoms with Gasteiger partial charge in [0.1, 0.15) is 6.10 Å². The lowest BCUT2D eigenvalue weighted by Crippen LogP contribution is -2.32. The molecule has 3 N–H and O–H groups in total. The predicted octanol–water partition coefficient (Wildman–Crippen LogP) is 2.91. The predicted molar refractivity (Wildman–Crippen MR) is 87.5 cm³/mol. The molecule has 0 saturated carbocycles. The summed E-state index contributed by atoms with van der Waals surface area (Å²) in [6.07, 6.45) is -1.31. The molecule has 1 atom stereocenters. The molecule has 2 rings (SSSR count). The largest absolute Gasteiger partial charge is 0.505 e. The lowest BCUT2D eigenvalue weighted by molar-refractivity contribution is 0.0769. The van der Waals surface area contributed by atoms with Gasteiger partial charge in [-0.05, 0) is 42.7 Å². The second kappa shape index (κ2) is 8.79. The van der Waals surface area contributed by atoms with Crippen LogP contribution in [0.1, 0.15) is 34.9 Å². The first-order valence-corrected chi connectivity index (χ1v) is 7.67. The van der Waals surface area contributed by atoms with E-state index in [2.05, 4.69) is 5.32 Å². The Labute approximate surface area is 143 Å². The van der Waals surface area contributed by atoms with Crippen LogP contribution in [-0.4, -0.2) is 28.8 Å². The molecule has 0 spiro atoms. The number of aliphatic hydroxyl groups excluding tert-OH is 1. The van der Waals surface area contributed by atoms with Crippen LogP contribution in [-0.2, 0) is 4.74 Å². The number of hydrogen-bond donors (Lipinski definition) is 3. The van der Waals surface area contributed by atoms with Gasteiger partial charge in [-0.3, -0.25) is 10.1 Å². The smallest absolute Gasteiger partial charge is 0.414 e. The van der Waals surface area contributed by atoms with Crippen LogP contribution < -0.4 is 5.32 Å². The van der Waals surface area contributed by atoms with E-state index in [-0.39, 0.29) is 13.0 Å². The van der Waals surface area contributed by atoms with Crippen molar-refractivity contribution < 1.29 is 28.9 Å². The van der Waals surface area contributed by atoms with Crippen molar-refractivity contribution in [1.29, 1.82) is 0 Å². The molecule has 6 nitrogen and oxygen atoms in total. The van der Waals surface area contributed by atoms with Crippen molar-refractivity contribution in [3.63, 3.8) is 0 Å². The van der Waals surface area contributed by atoms with Crippen LogP contribution in [0.4, 0.5) is 9.18 Å². The van der Waals surface area contributed by atoms with Crippen molar-refractivity contribution >= 4 is 12.0 Å². The first-order valence-electron chi connectivity index (χ1n) is 7.67. The van der Waals surface area contributed by atoms with E-state index in [0.29, 0.717) is 17.5 Å². The number of amides is 2. The van der Waals surface area contributed by atoms with Gasteiger partial charge in [0.25, 0.3) is 5.91 Å². The van der Waals surface area contributed by atoms with Crippen LogP contribution in [0.15, 0.2) is 48.5 Å². The highest BCUT2D eigenvalue weighted by Crippen LogP contribution is 2.26.